The highest BCUT2D eigenvalue weighted by molar-refractivity contribution is 5.97. The molecule has 1 saturated heterocycles. The predicted octanol–water partition coefficient (Wildman–Crippen LogP) is 6.64. The van der Waals surface area contributed by atoms with E-state index >= 15 is 0 Å². The van der Waals surface area contributed by atoms with E-state index in [9.17, 15) is 18.7 Å². The Balaban J connectivity index is 1.43. The lowest BCUT2D eigenvalue weighted by molar-refractivity contribution is -0.117. The van der Waals surface area contributed by atoms with Crippen molar-refractivity contribution >= 4 is 22.5 Å². The minimum absolute atomic E-state index is 0.0525. The summed E-state index contributed by atoms with van der Waals surface area (Å²) < 4.78 is 42.2. The Morgan fingerprint density at radius 2 is 1.77 bits per heavy atom. The van der Waals surface area contributed by atoms with Crippen LogP contribution < -0.4 is 14.4 Å². The molecule has 226 valence electrons. The number of benzene rings is 2. The highest BCUT2D eigenvalue weighted by Gasteiger charge is 2.38. The fraction of sp³-hybridized carbons (Fsp3) is 0.265. The van der Waals surface area contributed by atoms with Crippen molar-refractivity contribution in [3.05, 3.63) is 95.4 Å². The number of ether oxygens (including phenoxy) is 2. The highest BCUT2D eigenvalue weighted by atomic mass is 19.1. The summed E-state index contributed by atoms with van der Waals surface area (Å²) in [5, 5.41) is 11.9. The van der Waals surface area contributed by atoms with Crippen LogP contribution >= 0.6 is 0 Å². The van der Waals surface area contributed by atoms with Crippen LogP contribution in [0, 0.1) is 11.6 Å². The van der Waals surface area contributed by atoms with Crippen LogP contribution in [-0.4, -0.2) is 45.3 Å². The van der Waals surface area contributed by atoms with Crippen LogP contribution in [0.5, 0.6) is 17.4 Å². The van der Waals surface area contributed by atoms with Gasteiger partial charge in [0.2, 0.25) is 11.8 Å². The molecule has 3 aromatic heterocycles. The van der Waals surface area contributed by atoms with Gasteiger partial charge in [-0.15, -0.1) is 0 Å². The van der Waals surface area contributed by atoms with E-state index in [1.165, 1.54) is 18.2 Å². The summed E-state index contributed by atoms with van der Waals surface area (Å²) in [7, 11) is 3.12. The molecule has 4 heterocycles. The van der Waals surface area contributed by atoms with Crippen LogP contribution in [0.3, 0.4) is 0 Å². The number of rotatable bonds is 8. The van der Waals surface area contributed by atoms with E-state index in [-0.39, 0.29) is 41.5 Å². The number of aromatic nitrogens is 3. The van der Waals surface area contributed by atoms with Gasteiger partial charge in [-0.25, -0.2) is 13.8 Å². The quantitative estimate of drug-likeness (QED) is 0.215. The molecule has 6 rings (SSSR count). The average Bonchev–Trinajstić information content (AvgIpc) is 3.46. The third-order valence-electron chi connectivity index (χ3n) is 8.20. The third kappa shape index (κ3) is 5.21. The summed E-state index contributed by atoms with van der Waals surface area (Å²) >= 11 is 0. The van der Waals surface area contributed by atoms with E-state index in [4.69, 9.17) is 9.47 Å². The minimum atomic E-state index is -0.741. The highest BCUT2D eigenvalue weighted by Crippen LogP contribution is 2.38. The second-order valence-corrected chi connectivity index (χ2v) is 11.5. The van der Waals surface area contributed by atoms with Crippen LogP contribution in [0.25, 0.3) is 22.2 Å². The molecule has 0 bridgehead atoms. The van der Waals surface area contributed by atoms with Gasteiger partial charge in [0.15, 0.2) is 0 Å². The van der Waals surface area contributed by atoms with Gasteiger partial charge in [0.05, 0.1) is 54.8 Å². The molecule has 0 unspecified atom stereocenters. The lowest BCUT2D eigenvalue weighted by Gasteiger charge is -2.31. The topological polar surface area (TPSA) is 89.7 Å². The van der Waals surface area contributed by atoms with Gasteiger partial charge >= 0.3 is 0 Å². The zero-order valence-electron chi connectivity index (χ0n) is 24.9. The first-order valence-electron chi connectivity index (χ1n) is 14.2. The zero-order valence-corrected chi connectivity index (χ0v) is 24.9. The molecule has 0 atom stereocenters. The van der Waals surface area contributed by atoms with Gasteiger partial charge in [0.1, 0.15) is 23.1 Å². The molecule has 1 N–H and O–H groups in total. The van der Waals surface area contributed by atoms with E-state index in [0.717, 1.165) is 12.0 Å². The Morgan fingerprint density at radius 1 is 1.00 bits per heavy atom. The maximum absolute atomic E-state index is 14.9. The first-order chi connectivity index (χ1) is 21.1. The van der Waals surface area contributed by atoms with E-state index in [2.05, 4.69) is 9.97 Å². The fourth-order valence-electron chi connectivity index (χ4n) is 5.94. The molecule has 2 aromatic carbocycles. The Hall–Kier alpha value is -4.99. The number of amides is 1. The molecule has 1 amide bonds. The van der Waals surface area contributed by atoms with E-state index in [0.29, 0.717) is 45.8 Å². The number of methoxy groups -OCH3 is 2. The van der Waals surface area contributed by atoms with Gasteiger partial charge in [0, 0.05) is 41.9 Å². The number of anilines is 1. The largest absolute Gasteiger partial charge is 0.497 e. The molecule has 0 spiro atoms. The average molecular weight is 599 g/mol. The molecule has 1 aliphatic rings. The fourth-order valence-corrected chi connectivity index (χ4v) is 5.94. The van der Waals surface area contributed by atoms with Gasteiger partial charge in [-0.2, -0.15) is 0 Å². The molecule has 0 saturated carbocycles. The summed E-state index contributed by atoms with van der Waals surface area (Å²) in [6.07, 6.45) is 4.80. The molecular weight excluding hydrogens is 566 g/mol. The van der Waals surface area contributed by atoms with E-state index in [1.807, 2.05) is 32.0 Å². The molecule has 44 heavy (non-hydrogen) atoms. The van der Waals surface area contributed by atoms with Crippen LogP contribution in [0.15, 0.2) is 67.0 Å². The molecular formula is C34H32F2N4O4. The van der Waals surface area contributed by atoms with Crippen LogP contribution in [0.4, 0.5) is 14.5 Å². The molecule has 0 aliphatic carbocycles. The second kappa shape index (κ2) is 11.3. The maximum atomic E-state index is 14.9. The number of hydrogen-bond donors (Lipinski definition) is 1. The summed E-state index contributed by atoms with van der Waals surface area (Å²) in [6.45, 7) is 4.29. The van der Waals surface area contributed by atoms with Crippen molar-refractivity contribution in [3.63, 3.8) is 0 Å². The van der Waals surface area contributed by atoms with Crippen molar-refractivity contribution in [2.45, 2.75) is 45.2 Å². The molecule has 0 radical (unpaired) electrons. The lowest BCUT2D eigenvalue weighted by atomic mass is 10.0. The molecule has 5 aromatic rings. The van der Waals surface area contributed by atoms with Crippen molar-refractivity contribution in [1.29, 1.82) is 0 Å². The predicted molar refractivity (Wildman–Crippen MR) is 163 cm³/mol. The SMILES string of the molecule is COc1ccc(Cn2cc3nc(-c4c(F)cccc4F)cc(Cc4ccc(N5C(=O)CCC5(C)C)cn4)c3c2O)c(OC)c1. The third-order valence-corrected chi connectivity index (χ3v) is 8.20. The standard InChI is InChI=1S/C34H32F2N4O4/c1-34(2)13-12-30(41)40(34)23-10-9-22(37-17-23)14-21-15-27(32-25(35)6-5-7-26(32)36)38-28-19-39(33(42)31(21)28)18-20-8-11-24(43-3)16-29(20)44-4/h5-11,15-17,19,42H,12-14,18H2,1-4H3. The van der Waals surface area contributed by atoms with Crippen molar-refractivity contribution < 1.29 is 28.2 Å². The first kappa shape index (κ1) is 29.1. The number of pyridine rings is 2. The second-order valence-electron chi connectivity index (χ2n) is 11.5. The van der Waals surface area contributed by atoms with Crippen LogP contribution in [0.2, 0.25) is 0 Å². The molecule has 1 aliphatic heterocycles. The number of aromatic hydroxyl groups is 1. The maximum Gasteiger partial charge on any atom is 0.227 e. The summed E-state index contributed by atoms with van der Waals surface area (Å²) in [5.41, 5.74) is 2.63. The summed E-state index contributed by atoms with van der Waals surface area (Å²) in [4.78, 5) is 23.5. The number of nitrogens with zero attached hydrogens (tertiary/aromatic N) is 4. The molecule has 10 heteroatoms. The molecule has 1 fully saturated rings. The van der Waals surface area contributed by atoms with Gasteiger partial charge in [0.25, 0.3) is 0 Å². The van der Waals surface area contributed by atoms with Crippen LogP contribution in [0.1, 0.15) is 43.5 Å². The summed E-state index contributed by atoms with van der Waals surface area (Å²) in [6, 6.07) is 14.3. The minimum Gasteiger partial charge on any atom is -0.497 e. The van der Waals surface area contributed by atoms with Crippen LogP contribution in [-0.2, 0) is 17.8 Å². The van der Waals surface area contributed by atoms with Gasteiger partial charge in [-0.05, 0) is 68.3 Å². The molecule has 8 nitrogen and oxygen atoms in total. The number of carbonyl (C=O) groups is 1. The number of carbonyl (C=O) groups excluding carboxylic acids is 1. The number of halogens is 2. The zero-order chi connectivity index (χ0) is 31.2. The first-order valence-corrected chi connectivity index (χ1v) is 14.2. The Morgan fingerprint density at radius 3 is 2.41 bits per heavy atom. The van der Waals surface area contributed by atoms with Crippen molar-refractivity contribution in [2.75, 3.05) is 19.1 Å². The number of fused-ring (bicyclic) bond motifs is 1. The van der Waals surface area contributed by atoms with Crippen molar-refractivity contribution in [2.24, 2.45) is 0 Å². The Bertz CT molecular complexity index is 1870. The van der Waals surface area contributed by atoms with Gasteiger partial charge in [-0.1, -0.05) is 6.07 Å². The summed E-state index contributed by atoms with van der Waals surface area (Å²) in [5.74, 6) is -0.278. The van der Waals surface area contributed by atoms with Gasteiger partial charge in [-0.3, -0.25) is 9.78 Å². The Kier molecular flexibility index (Phi) is 7.44. The van der Waals surface area contributed by atoms with Crippen molar-refractivity contribution in [3.8, 4) is 28.6 Å². The smallest absolute Gasteiger partial charge is 0.227 e. The van der Waals surface area contributed by atoms with E-state index in [1.54, 1.807) is 54.3 Å². The van der Waals surface area contributed by atoms with Crippen molar-refractivity contribution in [1.82, 2.24) is 14.5 Å². The normalized spacial score (nSPS) is 14.4. The Labute approximate surface area is 253 Å². The monoisotopic (exact) mass is 598 g/mol. The van der Waals surface area contributed by atoms with E-state index < -0.39 is 11.6 Å². The van der Waals surface area contributed by atoms with Gasteiger partial charge < -0.3 is 24.0 Å². The lowest BCUT2D eigenvalue weighted by Crippen LogP contribution is -2.40. The number of hydrogen-bond acceptors (Lipinski definition) is 6.